The van der Waals surface area contributed by atoms with Gasteiger partial charge in [0.25, 0.3) is 0 Å². The minimum Gasteiger partial charge on any atom is -0.140 e. The molecule has 32 heavy (non-hydrogen) atoms. The summed E-state index contributed by atoms with van der Waals surface area (Å²) in [6.45, 7) is 4.57. The van der Waals surface area contributed by atoms with Crippen molar-refractivity contribution in [2.75, 3.05) is 0 Å². The molecule has 0 N–H and O–H groups in total. The zero-order chi connectivity index (χ0) is 22.4. The van der Waals surface area contributed by atoms with Crippen LogP contribution in [0.1, 0.15) is 101 Å². The van der Waals surface area contributed by atoms with Gasteiger partial charge in [-0.15, -0.1) is 22.7 Å². The normalized spacial score (nSPS) is 11.3. The lowest BCUT2D eigenvalue weighted by Crippen LogP contribution is -1.82. The van der Waals surface area contributed by atoms with E-state index in [1.165, 1.54) is 121 Å². The van der Waals surface area contributed by atoms with Crippen LogP contribution in [-0.2, 0) is 12.8 Å². The van der Waals surface area contributed by atoms with E-state index in [2.05, 4.69) is 62.4 Å². The number of thiophene rings is 2. The number of rotatable bonds is 16. The van der Waals surface area contributed by atoms with Crippen LogP contribution in [0.2, 0.25) is 0 Å². The van der Waals surface area contributed by atoms with Gasteiger partial charge in [-0.2, -0.15) is 0 Å². The third-order valence-electron chi connectivity index (χ3n) is 6.33. The zero-order valence-electron chi connectivity index (χ0n) is 20.3. The maximum absolute atomic E-state index is 2.34. The summed E-state index contributed by atoms with van der Waals surface area (Å²) in [7, 11) is 0. The number of hydrogen-bond donors (Lipinski definition) is 0. The fourth-order valence-electron chi connectivity index (χ4n) is 4.29. The first-order valence-electron chi connectivity index (χ1n) is 13.1. The SMILES string of the molecule is CCCCCCCCc1ccc(-c2ccc(-c3ccc(CCCCCCCC)s3)cc2)s1. The van der Waals surface area contributed by atoms with Crippen molar-refractivity contribution in [2.45, 2.75) is 104 Å². The molecule has 3 aromatic rings. The van der Waals surface area contributed by atoms with Crippen molar-refractivity contribution in [1.82, 2.24) is 0 Å². The van der Waals surface area contributed by atoms with Crippen molar-refractivity contribution < 1.29 is 0 Å². The van der Waals surface area contributed by atoms with E-state index in [1.807, 2.05) is 22.7 Å². The molecule has 1 aromatic carbocycles. The van der Waals surface area contributed by atoms with Crippen LogP contribution in [0.5, 0.6) is 0 Å². The third kappa shape index (κ3) is 8.52. The summed E-state index contributed by atoms with van der Waals surface area (Å²) in [5, 5.41) is 0. The molecule has 0 aliphatic rings. The smallest absolute Gasteiger partial charge is 0.0345 e. The maximum Gasteiger partial charge on any atom is 0.0345 e. The Labute approximate surface area is 205 Å². The van der Waals surface area contributed by atoms with Crippen molar-refractivity contribution in [3.05, 3.63) is 58.3 Å². The molecule has 0 saturated heterocycles. The molecular formula is C30H42S2. The van der Waals surface area contributed by atoms with Gasteiger partial charge in [-0.25, -0.2) is 0 Å². The highest BCUT2D eigenvalue weighted by Gasteiger charge is 2.06. The second-order valence-corrected chi connectivity index (χ2v) is 11.5. The third-order valence-corrected chi connectivity index (χ3v) is 8.72. The van der Waals surface area contributed by atoms with Crippen molar-refractivity contribution in [2.24, 2.45) is 0 Å². The predicted octanol–water partition coefficient (Wildman–Crippen LogP) is 10.9. The molecule has 2 heterocycles. The highest BCUT2D eigenvalue weighted by Crippen LogP contribution is 2.33. The van der Waals surface area contributed by atoms with Crippen molar-refractivity contribution >= 4 is 22.7 Å². The van der Waals surface area contributed by atoms with Gasteiger partial charge in [-0.3, -0.25) is 0 Å². The van der Waals surface area contributed by atoms with Gasteiger partial charge < -0.3 is 0 Å². The largest absolute Gasteiger partial charge is 0.140 e. The average Bonchev–Trinajstić information content (AvgIpc) is 3.49. The second-order valence-electron chi connectivity index (χ2n) is 9.14. The van der Waals surface area contributed by atoms with E-state index in [4.69, 9.17) is 0 Å². The lowest BCUT2D eigenvalue weighted by atomic mass is 10.1. The molecule has 0 spiro atoms. The molecule has 0 amide bonds. The van der Waals surface area contributed by atoms with Crippen LogP contribution in [0, 0.1) is 0 Å². The molecule has 0 fully saturated rings. The van der Waals surface area contributed by atoms with E-state index >= 15 is 0 Å². The average molecular weight is 467 g/mol. The molecule has 174 valence electrons. The molecule has 0 aliphatic heterocycles. The number of benzene rings is 1. The lowest BCUT2D eigenvalue weighted by Gasteiger charge is -2.02. The van der Waals surface area contributed by atoms with Crippen molar-refractivity contribution in [1.29, 1.82) is 0 Å². The molecule has 0 atom stereocenters. The Kier molecular flexibility index (Phi) is 11.6. The van der Waals surface area contributed by atoms with E-state index in [-0.39, 0.29) is 0 Å². The van der Waals surface area contributed by atoms with Crippen LogP contribution >= 0.6 is 22.7 Å². The lowest BCUT2D eigenvalue weighted by molar-refractivity contribution is 0.609. The van der Waals surface area contributed by atoms with Gasteiger partial charge in [0.2, 0.25) is 0 Å². The summed E-state index contributed by atoms with van der Waals surface area (Å²) in [6, 6.07) is 18.5. The number of unbranched alkanes of at least 4 members (excludes halogenated alkanes) is 10. The van der Waals surface area contributed by atoms with E-state index in [0.717, 1.165) is 0 Å². The highest BCUT2D eigenvalue weighted by atomic mass is 32.1. The summed E-state index contributed by atoms with van der Waals surface area (Å²) in [6.07, 6.45) is 19.0. The molecular weight excluding hydrogens is 424 g/mol. The van der Waals surface area contributed by atoms with Crippen molar-refractivity contribution in [3.63, 3.8) is 0 Å². The Hall–Kier alpha value is -1.38. The first kappa shape index (κ1) is 25.2. The van der Waals surface area contributed by atoms with Crippen LogP contribution in [0.4, 0.5) is 0 Å². The van der Waals surface area contributed by atoms with Crippen LogP contribution in [0.15, 0.2) is 48.5 Å². The molecule has 0 nitrogen and oxygen atoms in total. The van der Waals surface area contributed by atoms with Crippen LogP contribution in [-0.4, -0.2) is 0 Å². The molecule has 3 rings (SSSR count). The Morgan fingerprint density at radius 1 is 0.438 bits per heavy atom. The second kappa shape index (κ2) is 14.7. The topological polar surface area (TPSA) is 0 Å². The van der Waals surface area contributed by atoms with E-state index in [1.54, 1.807) is 0 Å². The summed E-state index contributed by atoms with van der Waals surface area (Å²) in [5.41, 5.74) is 2.72. The van der Waals surface area contributed by atoms with E-state index in [9.17, 15) is 0 Å². The van der Waals surface area contributed by atoms with E-state index < -0.39 is 0 Å². The summed E-state index contributed by atoms with van der Waals surface area (Å²) in [4.78, 5) is 5.90. The maximum atomic E-state index is 2.34. The molecule has 2 heteroatoms. The first-order valence-corrected chi connectivity index (χ1v) is 14.7. The molecule has 0 unspecified atom stereocenters. The van der Waals surface area contributed by atoms with Crippen molar-refractivity contribution in [3.8, 4) is 20.9 Å². The Bertz CT molecular complexity index is 795. The Morgan fingerprint density at radius 2 is 0.812 bits per heavy atom. The molecule has 2 aromatic heterocycles. The molecule has 0 saturated carbocycles. The standard InChI is InChI=1S/C30H42S2/c1-3-5-7-9-11-13-15-27-21-23-29(31-27)25-17-19-26(20-18-25)30-24-22-28(32-30)16-14-12-10-8-6-4-2/h17-24H,3-16H2,1-2H3. The Morgan fingerprint density at radius 3 is 1.22 bits per heavy atom. The summed E-state index contributed by atoms with van der Waals surface area (Å²) < 4.78 is 0. The Balaban J connectivity index is 1.45. The van der Waals surface area contributed by atoms with Gasteiger partial charge in [-0.05, 0) is 61.1 Å². The van der Waals surface area contributed by atoms with Crippen LogP contribution in [0.3, 0.4) is 0 Å². The van der Waals surface area contributed by atoms with Gasteiger partial charge in [0.1, 0.15) is 0 Å². The molecule has 0 bridgehead atoms. The van der Waals surface area contributed by atoms with Crippen LogP contribution < -0.4 is 0 Å². The number of hydrogen-bond acceptors (Lipinski definition) is 2. The summed E-state index contributed by atoms with van der Waals surface area (Å²) in [5.74, 6) is 0. The highest BCUT2D eigenvalue weighted by molar-refractivity contribution is 7.15. The predicted molar refractivity (Wildman–Crippen MR) is 147 cm³/mol. The van der Waals surface area contributed by atoms with Gasteiger partial charge in [0.15, 0.2) is 0 Å². The van der Waals surface area contributed by atoms with Gasteiger partial charge in [0.05, 0.1) is 0 Å². The first-order chi connectivity index (χ1) is 15.8. The number of aryl methyl sites for hydroxylation is 2. The minimum absolute atomic E-state index is 1.24. The fourth-order valence-corrected chi connectivity index (χ4v) is 6.40. The monoisotopic (exact) mass is 466 g/mol. The van der Waals surface area contributed by atoms with Gasteiger partial charge in [0, 0.05) is 19.5 Å². The zero-order valence-corrected chi connectivity index (χ0v) is 22.0. The van der Waals surface area contributed by atoms with E-state index in [0.29, 0.717) is 0 Å². The quantitative estimate of drug-likeness (QED) is 0.184. The van der Waals surface area contributed by atoms with Gasteiger partial charge >= 0.3 is 0 Å². The molecule has 0 aliphatic carbocycles. The molecule has 0 radical (unpaired) electrons. The van der Waals surface area contributed by atoms with Crippen LogP contribution in [0.25, 0.3) is 20.9 Å². The minimum atomic E-state index is 1.24. The fraction of sp³-hybridized carbons (Fsp3) is 0.533. The summed E-state index contributed by atoms with van der Waals surface area (Å²) >= 11 is 3.96. The van der Waals surface area contributed by atoms with Gasteiger partial charge in [-0.1, -0.05) is 102 Å².